The molecule has 14 heavy (non-hydrogen) atoms. The average Bonchev–Trinajstić information content (AvgIpc) is 2.13. The van der Waals surface area contributed by atoms with Crippen LogP contribution in [0.25, 0.3) is 0 Å². The second kappa shape index (κ2) is 4.63. The second-order valence-corrected chi connectivity index (χ2v) is 3.92. The maximum absolute atomic E-state index is 6.23. The predicted molar refractivity (Wildman–Crippen MR) is 62.8 cm³/mol. The van der Waals surface area contributed by atoms with Gasteiger partial charge in [-0.1, -0.05) is 42.0 Å². The smallest absolute Gasteiger partial charge is 0.0543 e. The Morgan fingerprint density at radius 1 is 1.50 bits per heavy atom. The third kappa shape index (κ3) is 2.17. The molecule has 0 aliphatic heterocycles. The van der Waals surface area contributed by atoms with Gasteiger partial charge in [-0.05, 0) is 32.0 Å². The number of rotatable bonds is 3. The quantitative estimate of drug-likeness (QED) is 0.752. The molecule has 0 aliphatic carbocycles. The van der Waals surface area contributed by atoms with Crippen molar-refractivity contribution in [2.75, 3.05) is 7.05 Å². The lowest BCUT2D eigenvalue weighted by molar-refractivity contribution is 0.679. The van der Waals surface area contributed by atoms with E-state index in [2.05, 4.69) is 11.9 Å². The van der Waals surface area contributed by atoms with E-state index in [9.17, 15) is 0 Å². The molecule has 1 aromatic carbocycles. The van der Waals surface area contributed by atoms with Crippen LogP contribution in [0.5, 0.6) is 0 Å². The number of hydrogen-bond acceptors (Lipinski definition) is 1. The Kier molecular flexibility index (Phi) is 3.73. The number of benzene rings is 1. The van der Waals surface area contributed by atoms with Crippen molar-refractivity contribution in [3.63, 3.8) is 0 Å². The van der Waals surface area contributed by atoms with Gasteiger partial charge in [0.05, 0.1) is 6.04 Å². The fourth-order valence-electron chi connectivity index (χ4n) is 1.56. The van der Waals surface area contributed by atoms with Crippen LogP contribution in [0, 0.1) is 6.92 Å². The van der Waals surface area contributed by atoms with Crippen molar-refractivity contribution >= 4 is 11.6 Å². The first-order chi connectivity index (χ1) is 6.57. The molecule has 1 N–H and O–H groups in total. The molecule has 1 unspecified atom stereocenters. The van der Waals surface area contributed by atoms with Crippen LogP contribution in [-0.4, -0.2) is 7.05 Å². The lowest BCUT2D eigenvalue weighted by Gasteiger charge is -2.18. The summed E-state index contributed by atoms with van der Waals surface area (Å²) in [6.45, 7) is 7.96. The third-order valence-electron chi connectivity index (χ3n) is 2.31. The molecule has 1 atom stereocenters. The van der Waals surface area contributed by atoms with Crippen LogP contribution in [0.4, 0.5) is 0 Å². The SMILES string of the molecule is C=C(C)C(NC)c1cccc(C)c1Cl. The van der Waals surface area contributed by atoms with Crippen LogP contribution in [0.3, 0.4) is 0 Å². The fraction of sp³-hybridized carbons (Fsp3) is 0.333. The van der Waals surface area contributed by atoms with Gasteiger partial charge in [0.1, 0.15) is 0 Å². The zero-order chi connectivity index (χ0) is 10.7. The second-order valence-electron chi connectivity index (χ2n) is 3.55. The Bertz CT molecular complexity index is 344. The van der Waals surface area contributed by atoms with Gasteiger partial charge in [-0.2, -0.15) is 0 Å². The molecule has 0 radical (unpaired) electrons. The number of aryl methyl sites for hydroxylation is 1. The largest absolute Gasteiger partial charge is 0.310 e. The Morgan fingerprint density at radius 2 is 2.14 bits per heavy atom. The summed E-state index contributed by atoms with van der Waals surface area (Å²) in [6, 6.07) is 6.20. The minimum absolute atomic E-state index is 0.141. The van der Waals surface area contributed by atoms with E-state index >= 15 is 0 Å². The van der Waals surface area contributed by atoms with E-state index in [4.69, 9.17) is 11.6 Å². The Labute approximate surface area is 90.8 Å². The topological polar surface area (TPSA) is 12.0 Å². The predicted octanol–water partition coefficient (Wildman–Crippen LogP) is 3.49. The molecule has 0 fully saturated rings. The molecular weight excluding hydrogens is 194 g/mol. The van der Waals surface area contributed by atoms with E-state index < -0.39 is 0 Å². The van der Waals surface area contributed by atoms with Crippen molar-refractivity contribution in [1.29, 1.82) is 0 Å². The number of halogens is 1. The van der Waals surface area contributed by atoms with E-state index in [1.165, 1.54) is 0 Å². The molecular formula is C12H16ClN. The maximum Gasteiger partial charge on any atom is 0.0543 e. The van der Waals surface area contributed by atoms with Crippen molar-refractivity contribution in [3.05, 3.63) is 46.5 Å². The molecule has 0 aliphatic rings. The van der Waals surface area contributed by atoms with E-state index in [0.717, 1.165) is 21.7 Å². The molecule has 0 saturated carbocycles. The van der Waals surface area contributed by atoms with Gasteiger partial charge in [0.15, 0.2) is 0 Å². The molecule has 0 amide bonds. The van der Waals surface area contributed by atoms with Crippen LogP contribution >= 0.6 is 11.6 Å². The summed E-state index contributed by atoms with van der Waals surface area (Å²) in [5, 5.41) is 4.03. The highest BCUT2D eigenvalue weighted by molar-refractivity contribution is 6.32. The highest BCUT2D eigenvalue weighted by atomic mass is 35.5. The van der Waals surface area contributed by atoms with Crippen LogP contribution < -0.4 is 5.32 Å². The summed E-state index contributed by atoms with van der Waals surface area (Å²) in [5.74, 6) is 0. The van der Waals surface area contributed by atoms with Gasteiger partial charge in [-0.25, -0.2) is 0 Å². The summed E-state index contributed by atoms with van der Waals surface area (Å²) in [5.41, 5.74) is 3.27. The molecule has 0 saturated heterocycles. The van der Waals surface area contributed by atoms with Crippen molar-refractivity contribution in [2.45, 2.75) is 19.9 Å². The molecule has 1 rings (SSSR count). The van der Waals surface area contributed by atoms with Crippen molar-refractivity contribution in [1.82, 2.24) is 5.32 Å². The molecule has 1 nitrogen and oxygen atoms in total. The normalized spacial score (nSPS) is 12.6. The van der Waals surface area contributed by atoms with Gasteiger partial charge in [-0.15, -0.1) is 0 Å². The summed E-state index contributed by atoms with van der Waals surface area (Å²) in [7, 11) is 1.91. The van der Waals surface area contributed by atoms with Crippen molar-refractivity contribution in [2.24, 2.45) is 0 Å². The van der Waals surface area contributed by atoms with Crippen LogP contribution in [0.15, 0.2) is 30.4 Å². The Morgan fingerprint density at radius 3 is 2.64 bits per heavy atom. The minimum atomic E-state index is 0.141. The van der Waals surface area contributed by atoms with E-state index in [1.807, 2.05) is 39.1 Å². The molecule has 0 heterocycles. The fourth-order valence-corrected chi connectivity index (χ4v) is 1.80. The van der Waals surface area contributed by atoms with Gasteiger partial charge in [0.2, 0.25) is 0 Å². The summed E-state index contributed by atoms with van der Waals surface area (Å²) in [4.78, 5) is 0. The summed E-state index contributed by atoms with van der Waals surface area (Å²) >= 11 is 6.23. The molecule has 2 heteroatoms. The molecule has 76 valence electrons. The number of nitrogens with one attached hydrogen (secondary N) is 1. The lowest BCUT2D eigenvalue weighted by atomic mass is 9.99. The van der Waals surface area contributed by atoms with Gasteiger partial charge < -0.3 is 5.32 Å². The van der Waals surface area contributed by atoms with Gasteiger partial charge in [0, 0.05) is 5.02 Å². The zero-order valence-electron chi connectivity index (χ0n) is 8.89. The first kappa shape index (κ1) is 11.3. The standard InChI is InChI=1S/C12H16ClN/c1-8(2)12(14-4)10-7-5-6-9(3)11(10)13/h5-7,12,14H,1H2,2-4H3. The van der Waals surface area contributed by atoms with E-state index in [1.54, 1.807) is 0 Å². The first-order valence-corrected chi connectivity index (χ1v) is 5.03. The summed E-state index contributed by atoms with van der Waals surface area (Å²) < 4.78 is 0. The maximum atomic E-state index is 6.23. The monoisotopic (exact) mass is 209 g/mol. The van der Waals surface area contributed by atoms with Crippen LogP contribution in [-0.2, 0) is 0 Å². The number of likely N-dealkylation sites (N-methyl/N-ethyl adjacent to an activating group) is 1. The zero-order valence-corrected chi connectivity index (χ0v) is 9.65. The summed E-state index contributed by atoms with van der Waals surface area (Å²) in [6.07, 6.45) is 0. The molecule has 0 spiro atoms. The highest BCUT2D eigenvalue weighted by Crippen LogP contribution is 2.29. The van der Waals surface area contributed by atoms with E-state index in [-0.39, 0.29) is 6.04 Å². The number of hydrogen-bond donors (Lipinski definition) is 1. The Hall–Kier alpha value is -0.790. The van der Waals surface area contributed by atoms with Crippen LogP contribution in [0.1, 0.15) is 24.1 Å². The van der Waals surface area contributed by atoms with E-state index in [0.29, 0.717) is 0 Å². The average molecular weight is 210 g/mol. The van der Waals surface area contributed by atoms with Crippen molar-refractivity contribution in [3.8, 4) is 0 Å². The first-order valence-electron chi connectivity index (χ1n) is 4.65. The molecule has 1 aromatic rings. The minimum Gasteiger partial charge on any atom is -0.310 e. The van der Waals surface area contributed by atoms with Gasteiger partial charge >= 0.3 is 0 Å². The lowest BCUT2D eigenvalue weighted by Crippen LogP contribution is -2.17. The van der Waals surface area contributed by atoms with Gasteiger partial charge in [-0.3, -0.25) is 0 Å². The highest BCUT2D eigenvalue weighted by Gasteiger charge is 2.13. The van der Waals surface area contributed by atoms with Crippen molar-refractivity contribution < 1.29 is 0 Å². The molecule has 0 aromatic heterocycles. The molecule has 0 bridgehead atoms. The third-order valence-corrected chi connectivity index (χ3v) is 2.83. The van der Waals surface area contributed by atoms with Gasteiger partial charge in [0.25, 0.3) is 0 Å². The van der Waals surface area contributed by atoms with Crippen LogP contribution in [0.2, 0.25) is 5.02 Å². The Balaban J connectivity index is 3.16.